The zero-order valence-corrected chi connectivity index (χ0v) is 12.6. The van der Waals surface area contributed by atoms with Crippen molar-refractivity contribution >= 4 is 11.6 Å². The molecule has 0 spiro atoms. The van der Waals surface area contributed by atoms with Crippen molar-refractivity contribution in [1.29, 1.82) is 0 Å². The van der Waals surface area contributed by atoms with Crippen LogP contribution in [0.1, 0.15) is 30.0 Å². The Kier molecular flexibility index (Phi) is 4.04. The van der Waals surface area contributed by atoms with Crippen molar-refractivity contribution in [3.05, 3.63) is 58.6 Å². The zero-order valence-electron chi connectivity index (χ0n) is 11.9. The number of rotatable bonds is 5. The zero-order chi connectivity index (χ0) is 14.8. The quantitative estimate of drug-likeness (QED) is 0.910. The third kappa shape index (κ3) is 3.31. The lowest BCUT2D eigenvalue weighted by molar-refractivity contribution is 0.303. The summed E-state index contributed by atoms with van der Waals surface area (Å²) in [7, 11) is 1.63. The molecule has 0 saturated heterocycles. The van der Waals surface area contributed by atoms with E-state index in [9.17, 15) is 0 Å². The Balaban J connectivity index is 1.83. The van der Waals surface area contributed by atoms with E-state index >= 15 is 0 Å². The highest BCUT2D eigenvalue weighted by Crippen LogP contribution is 2.32. The molecule has 1 fully saturated rings. The minimum Gasteiger partial charge on any atom is -0.496 e. The van der Waals surface area contributed by atoms with Gasteiger partial charge < -0.3 is 15.2 Å². The molecule has 1 aliphatic rings. The molecule has 0 aliphatic heterocycles. The Bertz CT molecular complexity index is 623. The molecule has 1 atom stereocenters. The van der Waals surface area contributed by atoms with Crippen molar-refractivity contribution in [2.75, 3.05) is 7.11 Å². The Morgan fingerprint density at radius 2 is 1.86 bits per heavy atom. The molecule has 2 N–H and O–H groups in total. The van der Waals surface area contributed by atoms with Crippen molar-refractivity contribution < 1.29 is 9.47 Å². The largest absolute Gasteiger partial charge is 0.496 e. The summed E-state index contributed by atoms with van der Waals surface area (Å²) in [4.78, 5) is 0. The van der Waals surface area contributed by atoms with E-state index in [1.807, 2.05) is 36.4 Å². The number of nitrogens with two attached hydrogens (primary N) is 1. The van der Waals surface area contributed by atoms with Crippen molar-refractivity contribution in [2.24, 2.45) is 5.73 Å². The highest BCUT2D eigenvalue weighted by Gasteiger charge is 2.23. The Labute approximate surface area is 129 Å². The maximum atomic E-state index is 6.35. The van der Waals surface area contributed by atoms with E-state index in [-0.39, 0.29) is 6.04 Å². The molecule has 0 heterocycles. The van der Waals surface area contributed by atoms with Crippen LogP contribution in [0.3, 0.4) is 0 Å². The third-order valence-electron chi connectivity index (χ3n) is 3.59. The molecular weight excluding hydrogens is 286 g/mol. The molecule has 1 saturated carbocycles. The van der Waals surface area contributed by atoms with Gasteiger partial charge in [-0.1, -0.05) is 23.7 Å². The molecule has 2 aromatic carbocycles. The van der Waals surface area contributed by atoms with E-state index in [0.717, 1.165) is 35.5 Å². The minimum atomic E-state index is -0.284. The second kappa shape index (κ2) is 5.96. The van der Waals surface area contributed by atoms with Crippen LogP contribution in [0, 0.1) is 0 Å². The lowest BCUT2D eigenvalue weighted by Crippen LogP contribution is -2.13. The molecule has 0 bridgehead atoms. The summed E-state index contributed by atoms with van der Waals surface area (Å²) in [5, 5.41) is 0.648. The topological polar surface area (TPSA) is 44.5 Å². The summed E-state index contributed by atoms with van der Waals surface area (Å²) < 4.78 is 11.1. The van der Waals surface area contributed by atoms with Gasteiger partial charge in [-0.25, -0.2) is 0 Å². The molecule has 0 radical (unpaired) electrons. The molecule has 4 heteroatoms. The van der Waals surface area contributed by atoms with E-state index in [2.05, 4.69) is 0 Å². The van der Waals surface area contributed by atoms with Crippen LogP contribution in [0.4, 0.5) is 0 Å². The highest BCUT2D eigenvalue weighted by atomic mass is 35.5. The molecule has 1 aliphatic carbocycles. The van der Waals surface area contributed by atoms with Crippen LogP contribution in [0.15, 0.2) is 42.5 Å². The number of benzene rings is 2. The summed E-state index contributed by atoms with van der Waals surface area (Å²) >= 11 is 6.06. The fourth-order valence-electron chi connectivity index (χ4n) is 2.26. The predicted octanol–water partition coefficient (Wildman–Crippen LogP) is 3.94. The third-order valence-corrected chi connectivity index (χ3v) is 3.83. The van der Waals surface area contributed by atoms with Crippen LogP contribution in [0.5, 0.6) is 11.5 Å². The number of halogens is 1. The van der Waals surface area contributed by atoms with Crippen LogP contribution in [-0.2, 0) is 0 Å². The smallest absolute Gasteiger partial charge is 0.124 e. The maximum absolute atomic E-state index is 6.35. The number of hydrogen-bond donors (Lipinski definition) is 1. The molecule has 1 unspecified atom stereocenters. The Morgan fingerprint density at radius 3 is 2.48 bits per heavy atom. The molecule has 0 aromatic heterocycles. The van der Waals surface area contributed by atoms with Gasteiger partial charge in [0.25, 0.3) is 0 Å². The molecule has 3 rings (SSSR count). The molecule has 110 valence electrons. The van der Waals surface area contributed by atoms with Gasteiger partial charge in [-0.05, 0) is 48.7 Å². The highest BCUT2D eigenvalue weighted by molar-refractivity contribution is 6.30. The Morgan fingerprint density at radius 1 is 1.14 bits per heavy atom. The van der Waals surface area contributed by atoms with E-state index < -0.39 is 0 Å². The monoisotopic (exact) mass is 303 g/mol. The summed E-state index contributed by atoms with van der Waals surface area (Å²) in [6, 6.07) is 13.1. The average Bonchev–Trinajstić information content (AvgIpc) is 3.31. The second-order valence-corrected chi connectivity index (χ2v) is 5.69. The van der Waals surface area contributed by atoms with E-state index in [0.29, 0.717) is 11.1 Å². The van der Waals surface area contributed by atoms with Gasteiger partial charge in [0.15, 0.2) is 0 Å². The molecule has 3 nitrogen and oxygen atoms in total. The van der Waals surface area contributed by atoms with Gasteiger partial charge >= 0.3 is 0 Å². The van der Waals surface area contributed by atoms with Crippen molar-refractivity contribution in [3.63, 3.8) is 0 Å². The van der Waals surface area contributed by atoms with Crippen LogP contribution >= 0.6 is 11.6 Å². The number of hydrogen-bond acceptors (Lipinski definition) is 3. The van der Waals surface area contributed by atoms with Crippen LogP contribution < -0.4 is 15.2 Å². The van der Waals surface area contributed by atoms with Gasteiger partial charge in [-0.3, -0.25) is 0 Å². The first-order valence-corrected chi connectivity index (χ1v) is 7.41. The minimum absolute atomic E-state index is 0.284. The molecule has 2 aromatic rings. The second-order valence-electron chi connectivity index (χ2n) is 5.25. The van der Waals surface area contributed by atoms with Gasteiger partial charge in [0.1, 0.15) is 11.5 Å². The number of ether oxygens (including phenoxy) is 2. The predicted molar refractivity (Wildman–Crippen MR) is 84.1 cm³/mol. The first-order valence-electron chi connectivity index (χ1n) is 7.03. The van der Waals surface area contributed by atoms with Gasteiger partial charge in [0.05, 0.1) is 19.3 Å². The van der Waals surface area contributed by atoms with Crippen LogP contribution in [0.25, 0.3) is 0 Å². The van der Waals surface area contributed by atoms with Gasteiger partial charge in [-0.2, -0.15) is 0 Å². The average molecular weight is 304 g/mol. The summed E-state index contributed by atoms with van der Waals surface area (Å²) in [5.41, 5.74) is 8.22. The van der Waals surface area contributed by atoms with Gasteiger partial charge in [0.2, 0.25) is 0 Å². The van der Waals surface area contributed by atoms with Gasteiger partial charge in [-0.15, -0.1) is 0 Å². The van der Waals surface area contributed by atoms with E-state index in [1.165, 1.54) is 0 Å². The van der Waals surface area contributed by atoms with Crippen LogP contribution in [-0.4, -0.2) is 13.2 Å². The fraction of sp³-hybridized carbons (Fsp3) is 0.294. The van der Waals surface area contributed by atoms with E-state index in [1.54, 1.807) is 13.2 Å². The normalized spacial score (nSPS) is 15.6. The molecular formula is C17H18ClNO2. The van der Waals surface area contributed by atoms with Crippen molar-refractivity contribution in [1.82, 2.24) is 0 Å². The summed E-state index contributed by atoms with van der Waals surface area (Å²) in [6.45, 7) is 0. The first-order chi connectivity index (χ1) is 10.2. The standard InChI is InChI=1S/C17H18ClNO2/c1-20-16-9-4-12(18)10-15(16)17(19)11-2-5-13(6-3-11)21-14-7-8-14/h2-6,9-10,14,17H,7-8,19H2,1H3. The lowest BCUT2D eigenvalue weighted by atomic mass is 9.98. The lowest BCUT2D eigenvalue weighted by Gasteiger charge is -2.17. The van der Waals surface area contributed by atoms with E-state index in [4.69, 9.17) is 26.8 Å². The fourth-order valence-corrected chi connectivity index (χ4v) is 2.44. The van der Waals surface area contributed by atoms with Gasteiger partial charge in [0, 0.05) is 10.6 Å². The Hall–Kier alpha value is -1.71. The molecule has 0 amide bonds. The van der Waals surface area contributed by atoms with Crippen LogP contribution in [0.2, 0.25) is 5.02 Å². The molecule has 21 heavy (non-hydrogen) atoms. The first kappa shape index (κ1) is 14.2. The number of methoxy groups -OCH3 is 1. The van der Waals surface area contributed by atoms with Crippen molar-refractivity contribution in [2.45, 2.75) is 25.0 Å². The summed E-state index contributed by atoms with van der Waals surface area (Å²) in [5.74, 6) is 1.64. The van der Waals surface area contributed by atoms with Crippen molar-refractivity contribution in [3.8, 4) is 11.5 Å². The SMILES string of the molecule is COc1ccc(Cl)cc1C(N)c1ccc(OC2CC2)cc1. The summed E-state index contributed by atoms with van der Waals surface area (Å²) in [6.07, 6.45) is 2.71. The maximum Gasteiger partial charge on any atom is 0.124 e.